The van der Waals surface area contributed by atoms with E-state index in [0.717, 1.165) is 25.3 Å². The van der Waals surface area contributed by atoms with Gasteiger partial charge in [0.2, 0.25) is 0 Å². The molecule has 3 nitrogen and oxygen atoms in total. The van der Waals surface area contributed by atoms with Crippen LogP contribution in [0.1, 0.15) is 32.6 Å². The van der Waals surface area contributed by atoms with E-state index in [9.17, 15) is 4.79 Å². The van der Waals surface area contributed by atoms with Gasteiger partial charge in [0.05, 0.1) is 5.70 Å². The summed E-state index contributed by atoms with van der Waals surface area (Å²) in [6.07, 6.45) is 6.99. The van der Waals surface area contributed by atoms with Crippen molar-refractivity contribution in [2.75, 3.05) is 19.6 Å². The smallest absolute Gasteiger partial charge is 0.175 e. The Bertz CT molecular complexity index is 261. The number of allylic oxidation sites excluding steroid dienone is 1. The molecule has 2 rings (SSSR count). The number of hydrogen-bond donors (Lipinski definition) is 1. The number of carbonyl (C=O) groups excluding carboxylic acids is 1. The molecule has 84 valence electrons. The van der Waals surface area contributed by atoms with Crippen LogP contribution in [0.2, 0.25) is 0 Å². The van der Waals surface area contributed by atoms with Crippen LogP contribution >= 0.6 is 0 Å². The molecule has 0 aliphatic carbocycles. The second kappa shape index (κ2) is 4.79. The largest absolute Gasteiger partial charge is 0.369 e. The van der Waals surface area contributed by atoms with E-state index in [1.807, 2.05) is 0 Å². The van der Waals surface area contributed by atoms with Gasteiger partial charge in [0, 0.05) is 26.1 Å². The average molecular weight is 208 g/mol. The zero-order chi connectivity index (χ0) is 10.7. The lowest BCUT2D eigenvalue weighted by atomic mass is 10.1. The number of nitrogens with zero attached hydrogens (tertiary/aromatic N) is 1. The molecule has 0 saturated carbocycles. The second-order valence-electron chi connectivity index (χ2n) is 4.51. The number of Topliss-reactive ketones (excluding diaryl/α,β-unsaturated/α-hetero) is 1. The molecule has 0 spiro atoms. The van der Waals surface area contributed by atoms with Crippen LogP contribution in [-0.4, -0.2) is 36.4 Å². The Morgan fingerprint density at radius 2 is 2.07 bits per heavy atom. The minimum atomic E-state index is 0.214. The first kappa shape index (κ1) is 10.7. The molecule has 15 heavy (non-hydrogen) atoms. The Kier molecular flexibility index (Phi) is 3.41. The Labute approximate surface area is 91.5 Å². The lowest BCUT2D eigenvalue weighted by Crippen LogP contribution is -2.27. The van der Waals surface area contributed by atoms with Crippen molar-refractivity contribution in [3.8, 4) is 0 Å². The quantitative estimate of drug-likeness (QED) is 0.710. The number of nitrogens with one attached hydrogen (secondary N) is 1. The molecule has 0 radical (unpaired) electrons. The van der Waals surface area contributed by atoms with Crippen LogP contribution in [0.25, 0.3) is 0 Å². The molecule has 0 aromatic carbocycles. The number of carbonyl (C=O) groups is 1. The van der Waals surface area contributed by atoms with Crippen LogP contribution in [0, 0.1) is 0 Å². The predicted molar refractivity (Wildman–Crippen MR) is 60.6 cm³/mol. The molecule has 0 bridgehead atoms. The molecule has 2 heterocycles. The van der Waals surface area contributed by atoms with Crippen molar-refractivity contribution in [3.63, 3.8) is 0 Å². The van der Waals surface area contributed by atoms with Crippen molar-refractivity contribution in [2.24, 2.45) is 0 Å². The van der Waals surface area contributed by atoms with Crippen molar-refractivity contribution in [1.29, 1.82) is 0 Å². The van der Waals surface area contributed by atoms with Crippen LogP contribution in [0.15, 0.2) is 11.8 Å². The maximum Gasteiger partial charge on any atom is 0.175 e. The summed E-state index contributed by atoms with van der Waals surface area (Å²) in [5.74, 6) is 0.214. The summed E-state index contributed by atoms with van der Waals surface area (Å²) >= 11 is 0. The average Bonchev–Trinajstić information content (AvgIpc) is 2.87. The number of ketones is 1. The molecule has 2 aliphatic rings. The summed E-state index contributed by atoms with van der Waals surface area (Å²) in [6.45, 7) is 4.88. The fourth-order valence-electron chi connectivity index (χ4n) is 2.45. The van der Waals surface area contributed by atoms with Gasteiger partial charge in [-0.15, -0.1) is 0 Å². The molecule has 1 unspecified atom stereocenters. The molecule has 2 saturated heterocycles. The highest BCUT2D eigenvalue weighted by atomic mass is 16.1. The molecular weight excluding hydrogens is 188 g/mol. The molecule has 1 N–H and O–H groups in total. The molecule has 0 amide bonds. The van der Waals surface area contributed by atoms with Crippen LogP contribution in [0.4, 0.5) is 0 Å². The van der Waals surface area contributed by atoms with Gasteiger partial charge in [-0.2, -0.15) is 0 Å². The summed E-state index contributed by atoms with van der Waals surface area (Å²) in [5.41, 5.74) is 0.937. The second-order valence-corrected chi connectivity index (χ2v) is 4.51. The minimum Gasteiger partial charge on any atom is -0.369 e. The summed E-state index contributed by atoms with van der Waals surface area (Å²) in [6, 6.07) is 0.421. The molecule has 1 atom stereocenters. The van der Waals surface area contributed by atoms with Crippen molar-refractivity contribution in [2.45, 2.75) is 38.6 Å². The van der Waals surface area contributed by atoms with Crippen molar-refractivity contribution in [1.82, 2.24) is 10.2 Å². The molecule has 2 aliphatic heterocycles. The topological polar surface area (TPSA) is 32.3 Å². The van der Waals surface area contributed by atoms with Gasteiger partial charge >= 0.3 is 0 Å². The van der Waals surface area contributed by atoms with E-state index in [1.165, 1.54) is 25.7 Å². The lowest BCUT2D eigenvalue weighted by molar-refractivity contribution is -0.115. The van der Waals surface area contributed by atoms with Gasteiger partial charge in [-0.1, -0.05) is 0 Å². The van der Waals surface area contributed by atoms with Crippen LogP contribution in [0.5, 0.6) is 0 Å². The normalized spacial score (nSPS) is 27.4. The predicted octanol–water partition coefficient (Wildman–Crippen LogP) is 1.31. The highest BCUT2D eigenvalue weighted by Gasteiger charge is 2.20. The van der Waals surface area contributed by atoms with Gasteiger partial charge in [0.1, 0.15) is 0 Å². The van der Waals surface area contributed by atoms with E-state index in [2.05, 4.69) is 16.3 Å². The van der Waals surface area contributed by atoms with Gasteiger partial charge in [-0.3, -0.25) is 4.79 Å². The third-order valence-electron chi connectivity index (χ3n) is 3.26. The van der Waals surface area contributed by atoms with Gasteiger partial charge in [0.15, 0.2) is 5.78 Å². The molecular formula is C12H20N2O. The van der Waals surface area contributed by atoms with Gasteiger partial charge in [0.25, 0.3) is 0 Å². The van der Waals surface area contributed by atoms with E-state index in [-0.39, 0.29) is 5.78 Å². The van der Waals surface area contributed by atoms with E-state index < -0.39 is 0 Å². The number of likely N-dealkylation sites (tertiary alicyclic amines) is 1. The molecule has 2 fully saturated rings. The summed E-state index contributed by atoms with van der Waals surface area (Å²) in [7, 11) is 0. The van der Waals surface area contributed by atoms with Gasteiger partial charge in [-0.05, 0) is 38.3 Å². The molecule has 0 aromatic rings. The third-order valence-corrected chi connectivity index (χ3v) is 3.26. The van der Waals surface area contributed by atoms with Crippen LogP contribution < -0.4 is 5.32 Å². The molecule has 3 heteroatoms. The number of hydrogen-bond acceptors (Lipinski definition) is 3. The Balaban J connectivity index is 2.06. The molecule has 0 aromatic heterocycles. The fourth-order valence-corrected chi connectivity index (χ4v) is 2.45. The Morgan fingerprint density at radius 1 is 1.33 bits per heavy atom. The summed E-state index contributed by atoms with van der Waals surface area (Å²) in [4.78, 5) is 13.8. The first-order valence-corrected chi connectivity index (χ1v) is 5.98. The van der Waals surface area contributed by atoms with Crippen molar-refractivity contribution in [3.05, 3.63) is 11.8 Å². The zero-order valence-corrected chi connectivity index (χ0v) is 9.46. The van der Waals surface area contributed by atoms with Gasteiger partial charge in [-0.25, -0.2) is 0 Å². The van der Waals surface area contributed by atoms with Crippen LogP contribution in [0.3, 0.4) is 0 Å². The van der Waals surface area contributed by atoms with Crippen molar-refractivity contribution < 1.29 is 4.79 Å². The van der Waals surface area contributed by atoms with E-state index in [0.29, 0.717) is 6.04 Å². The lowest BCUT2D eigenvalue weighted by Gasteiger charge is -2.20. The SMILES string of the molecule is CC(=O)/C(=C/C1CCCN1)N1CCCC1. The monoisotopic (exact) mass is 208 g/mol. The number of rotatable bonds is 3. The zero-order valence-electron chi connectivity index (χ0n) is 9.46. The maximum atomic E-state index is 11.6. The highest BCUT2D eigenvalue weighted by Crippen LogP contribution is 2.18. The van der Waals surface area contributed by atoms with Crippen molar-refractivity contribution >= 4 is 5.78 Å². The summed E-state index contributed by atoms with van der Waals surface area (Å²) in [5, 5.41) is 3.41. The maximum absolute atomic E-state index is 11.6. The fraction of sp³-hybridized carbons (Fsp3) is 0.750. The van der Waals surface area contributed by atoms with E-state index >= 15 is 0 Å². The minimum absolute atomic E-state index is 0.214. The van der Waals surface area contributed by atoms with E-state index in [1.54, 1.807) is 6.92 Å². The summed E-state index contributed by atoms with van der Waals surface area (Å²) < 4.78 is 0. The van der Waals surface area contributed by atoms with E-state index in [4.69, 9.17) is 0 Å². The highest BCUT2D eigenvalue weighted by molar-refractivity contribution is 5.92. The first-order valence-electron chi connectivity index (χ1n) is 5.98. The first-order chi connectivity index (χ1) is 7.27. The Morgan fingerprint density at radius 3 is 2.60 bits per heavy atom. The van der Waals surface area contributed by atoms with Gasteiger partial charge < -0.3 is 10.2 Å². The third kappa shape index (κ3) is 2.59. The Hall–Kier alpha value is -0.830. The van der Waals surface area contributed by atoms with Crippen LogP contribution in [-0.2, 0) is 4.79 Å². The standard InChI is InChI=1S/C12H20N2O/c1-10(15)12(14-7-2-3-8-14)9-11-5-4-6-13-11/h9,11,13H,2-8H2,1H3/b12-9-.